The Morgan fingerprint density at radius 2 is 2.42 bits per heavy atom. The maximum Gasteiger partial charge on any atom is 0.237 e. The summed E-state index contributed by atoms with van der Waals surface area (Å²) in [7, 11) is 1.66. The van der Waals surface area contributed by atoms with Crippen molar-refractivity contribution in [2.45, 2.75) is 25.3 Å². The molecule has 3 rings (SSSR count). The van der Waals surface area contributed by atoms with Gasteiger partial charge in [0.2, 0.25) is 5.88 Å². The van der Waals surface area contributed by atoms with Crippen LogP contribution in [0.3, 0.4) is 0 Å². The van der Waals surface area contributed by atoms with Gasteiger partial charge in [0.25, 0.3) is 0 Å². The zero-order valence-electron chi connectivity index (χ0n) is 10.6. The van der Waals surface area contributed by atoms with Gasteiger partial charge in [0.1, 0.15) is 0 Å². The average Bonchev–Trinajstić information content (AvgIpc) is 2.81. The molecule has 1 aliphatic carbocycles. The molecule has 0 aliphatic heterocycles. The predicted molar refractivity (Wildman–Crippen MR) is 87.1 cm³/mol. The minimum atomic E-state index is 0.376. The highest BCUT2D eigenvalue weighted by Gasteiger charge is 2.23. The van der Waals surface area contributed by atoms with E-state index < -0.39 is 0 Å². The number of thiophene rings is 1. The molecular weight excluding hydrogens is 371 g/mol. The first-order chi connectivity index (χ1) is 9.28. The predicted octanol–water partition coefficient (Wildman–Crippen LogP) is 4.25. The van der Waals surface area contributed by atoms with Gasteiger partial charge in [-0.1, -0.05) is 0 Å². The number of halogens is 1. The second-order valence-electron chi connectivity index (χ2n) is 4.58. The molecule has 0 spiro atoms. The number of aryl methyl sites for hydroxylation is 1. The SMILES string of the molecule is COc1ncccc1NC1CCCc2sc(I)cc21. The smallest absolute Gasteiger partial charge is 0.237 e. The average molecular weight is 386 g/mol. The number of rotatable bonds is 3. The van der Waals surface area contributed by atoms with Gasteiger partial charge in [-0.15, -0.1) is 11.3 Å². The third kappa shape index (κ3) is 2.72. The minimum absolute atomic E-state index is 0.376. The fourth-order valence-electron chi connectivity index (χ4n) is 2.52. The summed E-state index contributed by atoms with van der Waals surface area (Å²) in [5.41, 5.74) is 2.43. The highest BCUT2D eigenvalue weighted by molar-refractivity contribution is 14.1. The van der Waals surface area contributed by atoms with Crippen LogP contribution in [0.1, 0.15) is 29.3 Å². The molecule has 19 heavy (non-hydrogen) atoms. The van der Waals surface area contributed by atoms with E-state index in [0.29, 0.717) is 11.9 Å². The van der Waals surface area contributed by atoms with Gasteiger partial charge < -0.3 is 10.1 Å². The number of fused-ring (bicyclic) bond motifs is 1. The third-order valence-corrected chi connectivity index (χ3v) is 5.35. The number of nitrogens with zero attached hydrogens (tertiary/aromatic N) is 1. The zero-order chi connectivity index (χ0) is 13.2. The normalized spacial score (nSPS) is 17.9. The molecule has 100 valence electrons. The molecule has 0 saturated heterocycles. The highest BCUT2D eigenvalue weighted by Crippen LogP contribution is 2.39. The Kier molecular flexibility index (Phi) is 3.93. The molecule has 2 aromatic rings. The summed E-state index contributed by atoms with van der Waals surface area (Å²) in [4.78, 5) is 5.76. The Hall–Kier alpha value is -0.820. The van der Waals surface area contributed by atoms with E-state index in [1.165, 1.54) is 26.2 Å². The zero-order valence-corrected chi connectivity index (χ0v) is 13.6. The number of hydrogen-bond acceptors (Lipinski definition) is 4. The van der Waals surface area contributed by atoms with Crippen LogP contribution in [0.2, 0.25) is 0 Å². The summed E-state index contributed by atoms with van der Waals surface area (Å²) in [5, 5.41) is 3.59. The number of aromatic nitrogens is 1. The summed E-state index contributed by atoms with van der Waals surface area (Å²) in [6.07, 6.45) is 5.37. The molecule has 1 atom stereocenters. The van der Waals surface area contributed by atoms with Gasteiger partial charge in [0.05, 0.1) is 21.7 Å². The van der Waals surface area contributed by atoms with E-state index in [9.17, 15) is 0 Å². The Morgan fingerprint density at radius 1 is 1.53 bits per heavy atom. The van der Waals surface area contributed by atoms with Crippen molar-refractivity contribution < 1.29 is 4.74 Å². The van der Waals surface area contributed by atoms with E-state index in [1.54, 1.807) is 13.3 Å². The van der Waals surface area contributed by atoms with Crippen LogP contribution in [0.25, 0.3) is 0 Å². The maximum absolute atomic E-state index is 5.31. The van der Waals surface area contributed by atoms with Crippen molar-refractivity contribution in [2.24, 2.45) is 0 Å². The Balaban J connectivity index is 1.88. The number of ether oxygens (including phenoxy) is 1. The second kappa shape index (κ2) is 5.66. The first kappa shape index (κ1) is 13.2. The van der Waals surface area contributed by atoms with Crippen LogP contribution in [-0.2, 0) is 6.42 Å². The second-order valence-corrected chi connectivity index (χ2v) is 7.61. The molecule has 0 amide bonds. The van der Waals surface area contributed by atoms with E-state index >= 15 is 0 Å². The summed E-state index contributed by atoms with van der Waals surface area (Å²) in [6, 6.07) is 6.64. The minimum Gasteiger partial charge on any atom is -0.480 e. The fourth-order valence-corrected chi connectivity index (χ4v) is 4.64. The third-order valence-electron chi connectivity index (χ3n) is 3.38. The van der Waals surface area contributed by atoms with Crippen molar-refractivity contribution >= 4 is 39.6 Å². The van der Waals surface area contributed by atoms with Crippen molar-refractivity contribution in [2.75, 3.05) is 12.4 Å². The van der Waals surface area contributed by atoms with Crippen LogP contribution in [0, 0.1) is 2.88 Å². The van der Waals surface area contributed by atoms with Crippen molar-refractivity contribution in [3.8, 4) is 5.88 Å². The molecule has 2 heterocycles. The van der Waals surface area contributed by atoms with Crippen molar-refractivity contribution in [1.29, 1.82) is 0 Å². The first-order valence-corrected chi connectivity index (χ1v) is 8.21. The molecule has 1 aliphatic rings. The van der Waals surface area contributed by atoms with E-state index in [4.69, 9.17) is 4.74 Å². The monoisotopic (exact) mass is 386 g/mol. The molecule has 0 saturated carbocycles. The van der Waals surface area contributed by atoms with Crippen LogP contribution < -0.4 is 10.1 Å². The Bertz CT molecular complexity index is 585. The molecule has 3 nitrogen and oxygen atoms in total. The quantitative estimate of drug-likeness (QED) is 0.802. The van der Waals surface area contributed by atoms with Gasteiger partial charge in [0, 0.05) is 11.1 Å². The van der Waals surface area contributed by atoms with Gasteiger partial charge >= 0.3 is 0 Å². The van der Waals surface area contributed by atoms with Crippen molar-refractivity contribution in [3.63, 3.8) is 0 Å². The van der Waals surface area contributed by atoms with E-state index in [-0.39, 0.29) is 0 Å². The van der Waals surface area contributed by atoms with E-state index in [0.717, 1.165) is 12.1 Å². The van der Waals surface area contributed by atoms with E-state index in [1.807, 2.05) is 23.5 Å². The standard InChI is InChI=1S/C14H15IN2OS/c1-18-14-11(5-3-7-16-14)17-10-4-2-6-12-9(10)8-13(15)19-12/h3,5,7-8,10,17H,2,4,6H2,1H3. The summed E-state index contributed by atoms with van der Waals surface area (Å²) < 4.78 is 6.68. The largest absolute Gasteiger partial charge is 0.480 e. The fraction of sp³-hybridized carbons (Fsp3) is 0.357. The number of nitrogens with one attached hydrogen (secondary N) is 1. The number of pyridine rings is 1. The summed E-state index contributed by atoms with van der Waals surface area (Å²) >= 11 is 4.32. The van der Waals surface area contributed by atoms with Crippen molar-refractivity contribution in [1.82, 2.24) is 4.98 Å². The van der Waals surface area contributed by atoms with Gasteiger partial charge in [-0.25, -0.2) is 4.98 Å². The lowest BCUT2D eigenvalue weighted by Crippen LogP contribution is -2.16. The lowest BCUT2D eigenvalue weighted by atomic mass is 9.94. The van der Waals surface area contributed by atoms with Crippen LogP contribution in [0.15, 0.2) is 24.4 Å². The molecule has 0 bridgehead atoms. The molecule has 5 heteroatoms. The molecular formula is C14H15IN2OS. The summed E-state index contributed by atoms with van der Waals surface area (Å²) in [5.74, 6) is 0.666. The van der Waals surface area contributed by atoms with Crippen LogP contribution in [0.5, 0.6) is 5.88 Å². The lowest BCUT2D eigenvalue weighted by molar-refractivity contribution is 0.399. The number of anilines is 1. The van der Waals surface area contributed by atoms with Gasteiger partial charge in [-0.05, 0) is 65.6 Å². The topological polar surface area (TPSA) is 34.1 Å². The molecule has 1 N–H and O–H groups in total. The number of methoxy groups -OCH3 is 1. The van der Waals surface area contributed by atoms with Crippen LogP contribution in [-0.4, -0.2) is 12.1 Å². The van der Waals surface area contributed by atoms with Crippen LogP contribution >= 0.6 is 33.9 Å². The Labute approximate surface area is 130 Å². The van der Waals surface area contributed by atoms with Gasteiger partial charge in [-0.3, -0.25) is 0 Å². The molecule has 1 unspecified atom stereocenters. The van der Waals surface area contributed by atoms with Crippen molar-refractivity contribution in [3.05, 3.63) is 37.7 Å². The number of hydrogen-bond donors (Lipinski definition) is 1. The van der Waals surface area contributed by atoms with Crippen LogP contribution in [0.4, 0.5) is 5.69 Å². The molecule has 0 fully saturated rings. The molecule has 0 radical (unpaired) electrons. The first-order valence-electron chi connectivity index (χ1n) is 6.31. The van der Waals surface area contributed by atoms with E-state index in [2.05, 4.69) is 39.0 Å². The van der Waals surface area contributed by atoms with Gasteiger partial charge in [0.15, 0.2) is 0 Å². The lowest BCUT2D eigenvalue weighted by Gasteiger charge is -2.25. The summed E-state index contributed by atoms with van der Waals surface area (Å²) in [6.45, 7) is 0. The Morgan fingerprint density at radius 3 is 3.26 bits per heavy atom. The molecule has 0 aromatic carbocycles. The highest BCUT2D eigenvalue weighted by atomic mass is 127. The maximum atomic E-state index is 5.31. The van der Waals surface area contributed by atoms with Gasteiger partial charge in [-0.2, -0.15) is 0 Å². The molecule has 2 aromatic heterocycles.